The van der Waals surface area contributed by atoms with Crippen molar-refractivity contribution in [1.29, 1.82) is 0 Å². The summed E-state index contributed by atoms with van der Waals surface area (Å²) < 4.78 is 165. The van der Waals surface area contributed by atoms with Gasteiger partial charge in [0.1, 0.15) is 0 Å². The van der Waals surface area contributed by atoms with Crippen LogP contribution in [0.5, 0.6) is 0 Å². The lowest BCUT2D eigenvalue weighted by Crippen LogP contribution is -2.56. The third-order valence-corrected chi connectivity index (χ3v) is 1.72. The Balaban J connectivity index is 5.42. The Bertz CT molecular complexity index is 455. The van der Waals surface area contributed by atoms with Gasteiger partial charge in [-0.2, -0.15) is 39.9 Å². The summed E-state index contributed by atoms with van der Waals surface area (Å²) >= 11 is 0. The number of alkyl halides is 13. The zero-order valence-electron chi connectivity index (χ0n) is 10.4. The van der Waals surface area contributed by atoms with Crippen LogP contribution in [0.3, 0.4) is 0 Å². The molecule has 0 fully saturated rings. The molecule has 0 amide bonds. The highest BCUT2D eigenvalue weighted by Gasteiger charge is 2.72. The lowest BCUT2D eigenvalue weighted by atomic mass is 10.3. The van der Waals surface area contributed by atoms with Crippen LogP contribution >= 0.6 is 0 Å². The first-order chi connectivity index (χ1) is 10.2. The molecule has 16 heteroatoms. The predicted molar refractivity (Wildman–Crippen MR) is 44.2 cm³/mol. The average Bonchev–Trinajstić information content (AvgIpc) is 2.21. The van der Waals surface area contributed by atoms with Crippen molar-refractivity contribution in [2.75, 3.05) is 0 Å². The van der Waals surface area contributed by atoms with E-state index < -0.39 is 43.0 Å². The maximum absolute atomic E-state index is 12.7. The Hall–Kier alpha value is -1.29. The summed E-state index contributed by atoms with van der Waals surface area (Å²) in [4.78, 5) is 0. The van der Waals surface area contributed by atoms with Crippen molar-refractivity contribution in [2.24, 2.45) is 0 Å². The first-order valence-corrected chi connectivity index (χ1v) is 4.88. The molecule has 0 radical (unpaired) electrons. The summed E-state index contributed by atoms with van der Waals surface area (Å²) in [5, 5.41) is 0. The smallest absolute Gasteiger partial charge is 0.243 e. The van der Waals surface area contributed by atoms with E-state index in [2.05, 4.69) is 6.58 Å². The molecule has 0 aliphatic heterocycles. The van der Waals surface area contributed by atoms with E-state index >= 15 is 0 Å². The van der Waals surface area contributed by atoms with Gasteiger partial charge in [0.15, 0.2) is 0 Å². The van der Waals surface area contributed by atoms with Crippen molar-refractivity contribution in [3.05, 3.63) is 12.7 Å². The molecule has 0 spiro atoms. The summed E-state index contributed by atoms with van der Waals surface area (Å²) in [7, 11) is 0. The molecule has 0 aliphatic carbocycles. The van der Waals surface area contributed by atoms with E-state index in [1.165, 1.54) is 0 Å². The molecule has 0 bridgehead atoms. The molecular weight excluding hydrogens is 391 g/mol. The van der Waals surface area contributed by atoms with Crippen LogP contribution in [-0.2, 0) is 14.2 Å². The highest BCUT2D eigenvalue weighted by molar-refractivity contribution is 4.94. The molecule has 0 saturated carbocycles. The molecule has 0 saturated heterocycles. The van der Waals surface area contributed by atoms with Crippen LogP contribution in [0.1, 0.15) is 0 Å². The lowest BCUT2D eigenvalue weighted by molar-refractivity contribution is -0.579. The molecular formula is C8H3F13O3. The van der Waals surface area contributed by atoms with Gasteiger partial charge < -0.3 is 0 Å². The van der Waals surface area contributed by atoms with Gasteiger partial charge in [0.2, 0.25) is 0 Å². The lowest BCUT2D eigenvalue weighted by Gasteiger charge is -2.32. The van der Waals surface area contributed by atoms with Crippen LogP contribution < -0.4 is 0 Å². The topological polar surface area (TPSA) is 27.7 Å². The quantitative estimate of drug-likeness (QED) is 0.339. The van der Waals surface area contributed by atoms with Crippen LogP contribution in [0.4, 0.5) is 57.1 Å². The fourth-order valence-corrected chi connectivity index (χ4v) is 0.771. The van der Waals surface area contributed by atoms with E-state index in [9.17, 15) is 57.1 Å². The number of rotatable bonds is 8. The second-order valence-corrected chi connectivity index (χ2v) is 3.59. The number of ether oxygens (including phenoxy) is 3. The van der Waals surface area contributed by atoms with E-state index in [4.69, 9.17) is 0 Å². The number of hydrogen-bond acceptors (Lipinski definition) is 3. The zero-order chi connectivity index (χ0) is 19.8. The van der Waals surface area contributed by atoms with Gasteiger partial charge in [-0.05, 0) is 6.08 Å². The Morgan fingerprint density at radius 2 is 0.917 bits per heavy atom. The maximum atomic E-state index is 12.7. The molecule has 144 valence electrons. The van der Waals surface area contributed by atoms with Crippen LogP contribution in [0.15, 0.2) is 12.7 Å². The van der Waals surface area contributed by atoms with Crippen LogP contribution in [0, 0.1) is 0 Å². The first-order valence-electron chi connectivity index (χ1n) is 4.88. The van der Waals surface area contributed by atoms with Gasteiger partial charge in [-0.3, -0.25) is 0 Å². The number of halogens is 13. The minimum absolute atomic E-state index is 1.01. The van der Waals surface area contributed by atoms with Gasteiger partial charge in [-0.1, -0.05) is 6.58 Å². The summed E-state index contributed by atoms with van der Waals surface area (Å²) in [6.07, 6.45) is -34.2. The largest absolute Gasteiger partial charge is 0.529 e. The Kier molecular flexibility index (Phi) is 5.88. The molecule has 0 aromatic rings. The third kappa shape index (κ3) is 5.66. The fourth-order valence-electron chi connectivity index (χ4n) is 0.771. The van der Waals surface area contributed by atoms with Gasteiger partial charge in [0.05, 0.1) is 0 Å². The van der Waals surface area contributed by atoms with Crippen molar-refractivity contribution in [2.45, 2.75) is 36.9 Å². The minimum Gasteiger partial charge on any atom is -0.243 e. The fraction of sp³-hybridized carbons (Fsp3) is 0.750. The van der Waals surface area contributed by atoms with Crippen molar-refractivity contribution in [3.8, 4) is 0 Å². The second kappa shape index (κ2) is 6.21. The molecule has 0 heterocycles. The van der Waals surface area contributed by atoms with Crippen molar-refractivity contribution >= 4 is 0 Å². The maximum Gasteiger partial charge on any atom is 0.529 e. The SMILES string of the molecule is C=CC(F)(F)C(F)(F)OC(F)(F)C(F)(F)OC(F)(F)OC(F)(F)F. The van der Waals surface area contributed by atoms with Gasteiger partial charge in [-0.25, -0.2) is 9.47 Å². The van der Waals surface area contributed by atoms with Crippen molar-refractivity contribution in [1.82, 2.24) is 0 Å². The molecule has 0 aromatic carbocycles. The Morgan fingerprint density at radius 1 is 0.542 bits per heavy atom. The van der Waals surface area contributed by atoms with Crippen LogP contribution in [-0.4, -0.2) is 36.9 Å². The molecule has 0 unspecified atom stereocenters. The zero-order valence-corrected chi connectivity index (χ0v) is 10.4. The summed E-state index contributed by atoms with van der Waals surface area (Å²) in [6, 6.07) is 0. The summed E-state index contributed by atoms with van der Waals surface area (Å²) in [5.41, 5.74) is 0. The number of hydrogen-bond donors (Lipinski definition) is 0. The van der Waals surface area contributed by atoms with E-state index in [-0.39, 0.29) is 0 Å². The van der Waals surface area contributed by atoms with E-state index in [1.807, 2.05) is 0 Å². The summed E-state index contributed by atoms with van der Waals surface area (Å²) in [6.45, 7) is 2.05. The normalized spacial score (nSPS) is 15.5. The van der Waals surface area contributed by atoms with Crippen molar-refractivity contribution in [3.63, 3.8) is 0 Å². The first kappa shape index (κ1) is 22.7. The van der Waals surface area contributed by atoms with Crippen LogP contribution in [0.2, 0.25) is 0 Å². The monoisotopic (exact) mass is 394 g/mol. The molecule has 0 aromatic heterocycles. The molecule has 0 atom stereocenters. The summed E-state index contributed by atoms with van der Waals surface area (Å²) in [5.74, 6) is -5.68. The van der Waals surface area contributed by atoms with Gasteiger partial charge in [0, 0.05) is 0 Å². The molecule has 24 heavy (non-hydrogen) atoms. The standard InChI is InChI=1S/C8H3F13O3/c1-2-3(9,10)4(11,12)22-5(13,14)6(15,16)23-8(20,21)24-7(17,18)19/h2H,1H2. The predicted octanol–water partition coefficient (Wildman–Crippen LogP) is 4.71. The third-order valence-electron chi connectivity index (χ3n) is 1.72. The Morgan fingerprint density at radius 3 is 1.25 bits per heavy atom. The second-order valence-electron chi connectivity index (χ2n) is 3.59. The van der Waals surface area contributed by atoms with E-state index in [0.29, 0.717) is 0 Å². The molecule has 0 aliphatic rings. The molecule has 0 rings (SSSR count). The molecule has 3 nitrogen and oxygen atoms in total. The van der Waals surface area contributed by atoms with Gasteiger partial charge in [0.25, 0.3) is 0 Å². The van der Waals surface area contributed by atoms with Gasteiger partial charge in [-0.15, -0.1) is 22.0 Å². The average molecular weight is 394 g/mol. The van der Waals surface area contributed by atoms with Crippen LogP contribution in [0.25, 0.3) is 0 Å². The minimum atomic E-state index is -6.96. The molecule has 0 N–H and O–H groups in total. The van der Waals surface area contributed by atoms with E-state index in [0.717, 1.165) is 0 Å². The van der Waals surface area contributed by atoms with E-state index in [1.54, 1.807) is 14.2 Å². The Labute approximate surface area is 122 Å². The van der Waals surface area contributed by atoms with Gasteiger partial charge >= 0.3 is 36.9 Å². The van der Waals surface area contributed by atoms with Crippen molar-refractivity contribution < 1.29 is 71.3 Å². The highest BCUT2D eigenvalue weighted by atomic mass is 19.4. The highest BCUT2D eigenvalue weighted by Crippen LogP contribution is 2.47.